The summed E-state index contributed by atoms with van der Waals surface area (Å²) < 4.78 is 0. The molecule has 1 aromatic carbocycles. The Morgan fingerprint density at radius 2 is 1.83 bits per heavy atom. The van der Waals surface area contributed by atoms with E-state index in [0.717, 1.165) is 5.56 Å². The summed E-state index contributed by atoms with van der Waals surface area (Å²) in [5.41, 5.74) is 7.47. The van der Waals surface area contributed by atoms with E-state index in [1.165, 1.54) is 0 Å². The van der Waals surface area contributed by atoms with Gasteiger partial charge >= 0.3 is 0 Å². The molecule has 1 rings (SSSR count). The van der Waals surface area contributed by atoms with Crippen molar-refractivity contribution in [3.63, 3.8) is 0 Å². The molecule has 0 fully saturated rings. The topological polar surface area (TPSA) is 74.6 Å². The SMILES string of the molecule is C.N=N/C(=N\N)c1ccccc1. The van der Waals surface area contributed by atoms with Crippen LogP contribution in [-0.2, 0) is 0 Å². The summed E-state index contributed by atoms with van der Waals surface area (Å²) in [7, 11) is 0. The molecule has 0 aliphatic heterocycles. The van der Waals surface area contributed by atoms with Crippen LogP contribution >= 0.6 is 0 Å². The Morgan fingerprint density at radius 1 is 1.25 bits per heavy atom. The zero-order chi connectivity index (χ0) is 8.10. The highest BCUT2D eigenvalue weighted by Crippen LogP contribution is 2.00. The Kier molecular flexibility index (Phi) is 4.30. The molecule has 4 heteroatoms. The number of nitrogens with zero attached hydrogens (tertiary/aromatic N) is 2. The minimum atomic E-state index is 0. The number of benzene rings is 1. The number of nitrogens with one attached hydrogen (secondary N) is 1. The van der Waals surface area contributed by atoms with E-state index < -0.39 is 0 Å². The molecule has 0 heterocycles. The fraction of sp³-hybridized carbons (Fsp3) is 0.125. The number of nitrogens with two attached hydrogens (primary N) is 1. The van der Waals surface area contributed by atoms with Crippen LogP contribution in [0.4, 0.5) is 0 Å². The van der Waals surface area contributed by atoms with Gasteiger partial charge in [-0.05, 0) is 0 Å². The molecule has 0 unspecified atom stereocenters. The second-order valence-electron chi connectivity index (χ2n) is 1.93. The van der Waals surface area contributed by atoms with Crippen LogP contribution in [0.1, 0.15) is 13.0 Å². The van der Waals surface area contributed by atoms with Gasteiger partial charge in [-0.15, -0.1) is 5.11 Å². The number of amidine groups is 1. The van der Waals surface area contributed by atoms with Crippen LogP contribution in [-0.4, -0.2) is 5.84 Å². The molecular formula is C8H12N4. The highest BCUT2D eigenvalue weighted by molar-refractivity contribution is 5.98. The zero-order valence-corrected chi connectivity index (χ0v) is 5.86. The molecule has 0 saturated heterocycles. The fourth-order valence-electron chi connectivity index (χ4n) is 0.755. The lowest BCUT2D eigenvalue weighted by molar-refractivity contribution is 1.13. The molecule has 3 N–H and O–H groups in total. The Morgan fingerprint density at radius 3 is 2.25 bits per heavy atom. The first-order valence-corrected chi connectivity index (χ1v) is 3.09. The van der Waals surface area contributed by atoms with Gasteiger partial charge in [0.05, 0.1) is 0 Å². The van der Waals surface area contributed by atoms with Crippen LogP contribution in [0.3, 0.4) is 0 Å². The van der Waals surface area contributed by atoms with Crippen LogP contribution < -0.4 is 5.84 Å². The highest BCUT2D eigenvalue weighted by Gasteiger charge is 1.97. The van der Waals surface area contributed by atoms with Gasteiger partial charge in [-0.1, -0.05) is 37.8 Å². The Balaban J connectivity index is 0.00000121. The van der Waals surface area contributed by atoms with E-state index in [-0.39, 0.29) is 13.3 Å². The van der Waals surface area contributed by atoms with Gasteiger partial charge in [0.1, 0.15) is 0 Å². The van der Waals surface area contributed by atoms with Crippen molar-refractivity contribution in [2.24, 2.45) is 16.1 Å². The van der Waals surface area contributed by atoms with E-state index in [9.17, 15) is 0 Å². The van der Waals surface area contributed by atoms with E-state index in [1.54, 1.807) is 12.1 Å². The van der Waals surface area contributed by atoms with Crippen molar-refractivity contribution in [1.29, 1.82) is 5.53 Å². The van der Waals surface area contributed by atoms with Gasteiger partial charge in [0.15, 0.2) is 5.84 Å². The normalized spacial score (nSPS) is 10.2. The van der Waals surface area contributed by atoms with Crippen molar-refractivity contribution in [1.82, 2.24) is 0 Å². The van der Waals surface area contributed by atoms with E-state index in [2.05, 4.69) is 10.2 Å². The van der Waals surface area contributed by atoms with Crippen molar-refractivity contribution >= 4 is 5.84 Å². The lowest BCUT2D eigenvalue weighted by Gasteiger charge is -1.94. The fourth-order valence-corrected chi connectivity index (χ4v) is 0.755. The maximum Gasteiger partial charge on any atom is 0.199 e. The molecular weight excluding hydrogens is 152 g/mol. The molecule has 0 aliphatic carbocycles. The largest absolute Gasteiger partial charge is 0.321 e. The summed E-state index contributed by atoms with van der Waals surface area (Å²) in [5, 5.41) is 6.49. The first-order valence-electron chi connectivity index (χ1n) is 3.09. The lowest BCUT2D eigenvalue weighted by atomic mass is 10.2. The molecule has 64 valence electrons. The maximum absolute atomic E-state index is 6.71. The van der Waals surface area contributed by atoms with E-state index >= 15 is 0 Å². The average molecular weight is 164 g/mol. The monoisotopic (exact) mass is 164 g/mol. The van der Waals surface area contributed by atoms with Crippen molar-refractivity contribution in [2.75, 3.05) is 0 Å². The molecule has 1 aromatic rings. The highest BCUT2D eigenvalue weighted by atomic mass is 15.2. The molecule has 0 aromatic heterocycles. The van der Waals surface area contributed by atoms with E-state index in [1.807, 2.05) is 18.2 Å². The molecule has 0 radical (unpaired) electrons. The number of hydrogen-bond acceptors (Lipinski definition) is 3. The van der Waals surface area contributed by atoms with Crippen molar-refractivity contribution in [2.45, 2.75) is 7.43 Å². The second-order valence-corrected chi connectivity index (χ2v) is 1.93. The van der Waals surface area contributed by atoms with Gasteiger partial charge in [0, 0.05) is 5.56 Å². The summed E-state index contributed by atoms with van der Waals surface area (Å²) in [6.45, 7) is 0. The summed E-state index contributed by atoms with van der Waals surface area (Å²) in [4.78, 5) is 0. The smallest absolute Gasteiger partial charge is 0.199 e. The predicted molar refractivity (Wildman–Crippen MR) is 49.0 cm³/mol. The minimum absolute atomic E-state index is 0. The Hall–Kier alpha value is -1.71. The summed E-state index contributed by atoms with van der Waals surface area (Å²) in [5.74, 6) is 5.23. The number of hydrazone groups is 1. The van der Waals surface area contributed by atoms with Crippen LogP contribution in [0, 0.1) is 5.53 Å². The van der Waals surface area contributed by atoms with Crippen LogP contribution in [0.15, 0.2) is 40.5 Å². The third-order valence-electron chi connectivity index (χ3n) is 1.26. The van der Waals surface area contributed by atoms with Crippen LogP contribution in [0.2, 0.25) is 0 Å². The third-order valence-corrected chi connectivity index (χ3v) is 1.26. The Labute approximate surface area is 71.6 Å². The average Bonchev–Trinajstić information content (AvgIpc) is 2.09. The van der Waals surface area contributed by atoms with Gasteiger partial charge < -0.3 is 5.84 Å². The van der Waals surface area contributed by atoms with Crippen molar-refractivity contribution < 1.29 is 0 Å². The first-order chi connectivity index (χ1) is 5.38. The van der Waals surface area contributed by atoms with Crippen molar-refractivity contribution in [3.8, 4) is 0 Å². The predicted octanol–water partition coefficient (Wildman–Crippen LogP) is 1.97. The first kappa shape index (κ1) is 10.3. The van der Waals surface area contributed by atoms with Gasteiger partial charge in [0.25, 0.3) is 0 Å². The van der Waals surface area contributed by atoms with Gasteiger partial charge in [-0.2, -0.15) is 5.10 Å². The van der Waals surface area contributed by atoms with Gasteiger partial charge in [0.2, 0.25) is 0 Å². The maximum atomic E-state index is 6.71. The standard InChI is InChI=1S/C7H8N4.CH4/c8-10-7(11-9)6-4-2-1-3-5-6;/h1-5,8H,9H2;1H4/b10-8?,11-7-;. The van der Waals surface area contributed by atoms with Gasteiger partial charge in [-0.25, -0.2) is 5.53 Å². The van der Waals surface area contributed by atoms with E-state index in [0.29, 0.717) is 0 Å². The summed E-state index contributed by atoms with van der Waals surface area (Å²) in [6.07, 6.45) is 0. The molecule has 0 saturated carbocycles. The number of rotatable bonds is 1. The minimum Gasteiger partial charge on any atom is -0.321 e. The molecule has 0 amide bonds. The molecule has 0 bridgehead atoms. The summed E-state index contributed by atoms with van der Waals surface area (Å²) in [6, 6.07) is 9.15. The number of hydrogen-bond donors (Lipinski definition) is 2. The Bertz CT molecular complexity index is 266. The zero-order valence-electron chi connectivity index (χ0n) is 5.86. The van der Waals surface area contributed by atoms with Gasteiger partial charge in [-0.3, -0.25) is 0 Å². The molecule has 0 spiro atoms. The van der Waals surface area contributed by atoms with Crippen LogP contribution in [0.5, 0.6) is 0 Å². The molecule has 4 nitrogen and oxygen atoms in total. The quantitative estimate of drug-likeness (QED) is 0.215. The van der Waals surface area contributed by atoms with Crippen LogP contribution in [0.25, 0.3) is 0 Å². The second kappa shape index (κ2) is 5.01. The summed E-state index contributed by atoms with van der Waals surface area (Å²) >= 11 is 0. The lowest BCUT2D eigenvalue weighted by Crippen LogP contribution is -1.98. The van der Waals surface area contributed by atoms with Crippen molar-refractivity contribution in [3.05, 3.63) is 35.9 Å². The molecule has 0 aliphatic rings. The van der Waals surface area contributed by atoms with E-state index in [4.69, 9.17) is 11.4 Å². The molecule has 0 atom stereocenters. The third kappa shape index (κ3) is 2.16. The molecule has 12 heavy (non-hydrogen) atoms.